The number of aromatic nitrogens is 2. The Bertz CT molecular complexity index is 331. The summed E-state index contributed by atoms with van der Waals surface area (Å²) >= 11 is 0. The maximum absolute atomic E-state index is 4.53. The Kier molecular flexibility index (Phi) is 2.37. The molecule has 0 spiro atoms. The van der Waals surface area contributed by atoms with E-state index < -0.39 is 0 Å². The average Bonchev–Trinajstić information content (AvgIpc) is 1.99. The van der Waals surface area contributed by atoms with E-state index in [2.05, 4.69) is 15.3 Å². The van der Waals surface area contributed by atoms with Gasteiger partial charge < -0.3 is 10.2 Å². The third-order valence-electron chi connectivity index (χ3n) is 2.46. The Hall–Kier alpha value is -1.16. The zero-order valence-corrected chi connectivity index (χ0v) is 8.91. The van der Waals surface area contributed by atoms with Crippen molar-refractivity contribution in [2.24, 2.45) is 0 Å². The molecule has 2 rings (SSSR count). The van der Waals surface area contributed by atoms with Gasteiger partial charge in [0.15, 0.2) is 0 Å². The first-order valence-electron chi connectivity index (χ1n) is 4.90. The van der Waals surface area contributed by atoms with Crippen molar-refractivity contribution in [2.75, 3.05) is 32.1 Å². The summed E-state index contributed by atoms with van der Waals surface area (Å²) in [5.41, 5.74) is 1.05. The number of hydrogen-bond acceptors (Lipinski definition) is 4. The van der Waals surface area contributed by atoms with Crippen LogP contribution in [0.1, 0.15) is 17.4 Å². The van der Waals surface area contributed by atoms with Gasteiger partial charge in [0.1, 0.15) is 11.6 Å². The lowest BCUT2D eigenvalue weighted by molar-refractivity contribution is 0.429. The molecule has 2 heterocycles. The Morgan fingerprint density at radius 3 is 2.57 bits per heavy atom. The Balaban J connectivity index is 2.30. The van der Waals surface area contributed by atoms with Gasteiger partial charge in [-0.1, -0.05) is 0 Å². The van der Waals surface area contributed by atoms with Crippen LogP contribution in [-0.4, -0.2) is 37.2 Å². The monoisotopic (exact) mass is 192 g/mol. The molecular formula is C10H16N4. The summed E-state index contributed by atoms with van der Waals surface area (Å²) in [6.07, 6.45) is 0. The number of rotatable bonds is 2. The summed E-state index contributed by atoms with van der Waals surface area (Å²) < 4.78 is 0. The fourth-order valence-corrected chi connectivity index (χ4v) is 1.46. The van der Waals surface area contributed by atoms with E-state index in [1.807, 2.05) is 32.0 Å². The van der Waals surface area contributed by atoms with Crippen molar-refractivity contribution in [2.45, 2.75) is 12.8 Å². The van der Waals surface area contributed by atoms with Gasteiger partial charge in [-0.15, -0.1) is 0 Å². The molecule has 1 aliphatic rings. The Morgan fingerprint density at radius 1 is 1.36 bits per heavy atom. The van der Waals surface area contributed by atoms with Crippen molar-refractivity contribution in [3.63, 3.8) is 0 Å². The molecule has 1 saturated heterocycles. The molecule has 0 aromatic carbocycles. The van der Waals surface area contributed by atoms with E-state index in [0.717, 1.165) is 30.4 Å². The first kappa shape index (κ1) is 9.40. The van der Waals surface area contributed by atoms with Crippen LogP contribution in [0.2, 0.25) is 0 Å². The van der Waals surface area contributed by atoms with Crippen LogP contribution in [0, 0.1) is 6.92 Å². The predicted molar refractivity (Wildman–Crippen MR) is 56.7 cm³/mol. The topological polar surface area (TPSA) is 41.1 Å². The molecule has 0 bridgehead atoms. The molecule has 0 unspecified atom stereocenters. The SMILES string of the molecule is Cc1cc(N(C)C)nc(C2CNC2)n1. The highest BCUT2D eigenvalue weighted by Crippen LogP contribution is 2.19. The van der Waals surface area contributed by atoms with E-state index in [0.29, 0.717) is 5.92 Å². The van der Waals surface area contributed by atoms with Crippen LogP contribution >= 0.6 is 0 Å². The predicted octanol–water partition coefficient (Wildman–Crippen LogP) is 0.538. The number of aryl methyl sites for hydroxylation is 1. The molecule has 76 valence electrons. The van der Waals surface area contributed by atoms with Crippen LogP contribution in [0.4, 0.5) is 5.82 Å². The van der Waals surface area contributed by atoms with Crippen LogP contribution in [0.3, 0.4) is 0 Å². The van der Waals surface area contributed by atoms with Crippen molar-refractivity contribution >= 4 is 5.82 Å². The smallest absolute Gasteiger partial charge is 0.136 e. The summed E-state index contributed by atoms with van der Waals surface area (Å²) in [5, 5.41) is 3.23. The van der Waals surface area contributed by atoms with Gasteiger partial charge in [-0.3, -0.25) is 0 Å². The fourth-order valence-electron chi connectivity index (χ4n) is 1.46. The summed E-state index contributed by atoms with van der Waals surface area (Å²) in [4.78, 5) is 11.0. The highest BCUT2D eigenvalue weighted by molar-refractivity contribution is 5.38. The molecule has 0 radical (unpaired) electrons. The minimum atomic E-state index is 0.508. The van der Waals surface area contributed by atoms with Crippen LogP contribution in [0.5, 0.6) is 0 Å². The van der Waals surface area contributed by atoms with Gasteiger partial charge in [-0.2, -0.15) is 0 Å². The lowest BCUT2D eigenvalue weighted by Gasteiger charge is -2.26. The van der Waals surface area contributed by atoms with Crippen LogP contribution < -0.4 is 10.2 Å². The van der Waals surface area contributed by atoms with E-state index in [4.69, 9.17) is 0 Å². The largest absolute Gasteiger partial charge is 0.363 e. The molecule has 1 aliphatic heterocycles. The van der Waals surface area contributed by atoms with Gasteiger partial charge in [0.25, 0.3) is 0 Å². The summed E-state index contributed by atoms with van der Waals surface area (Å²) in [7, 11) is 4.01. The second-order valence-electron chi connectivity index (χ2n) is 3.98. The number of anilines is 1. The fraction of sp³-hybridized carbons (Fsp3) is 0.600. The van der Waals surface area contributed by atoms with Crippen molar-refractivity contribution in [1.29, 1.82) is 0 Å². The molecular weight excluding hydrogens is 176 g/mol. The van der Waals surface area contributed by atoms with Crippen molar-refractivity contribution in [3.8, 4) is 0 Å². The molecule has 4 heteroatoms. The van der Waals surface area contributed by atoms with Crippen LogP contribution in [0.25, 0.3) is 0 Å². The summed E-state index contributed by atoms with van der Waals surface area (Å²) in [5.74, 6) is 2.49. The first-order valence-corrected chi connectivity index (χ1v) is 4.90. The van der Waals surface area contributed by atoms with Gasteiger partial charge in [0, 0.05) is 44.9 Å². The van der Waals surface area contributed by atoms with E-state index in [1.54, 1.807) is 0 Å². The van der Waals surface area contributed by atoms with Crippen molar-refractivity contribution in [1.82, 2.24) is 15.3 Å². The molecule has 14 heavy (non-hydrogen) atoms. The Labute approximate surface area is 84.4 Å². The van der Waals surface area contributed by atoms with Crippen LogP contribution in [-0.2, 0) is 0 Å². The maximum atomic E-state index is 4.53. The number of nitrogens with zero attached hydrogens (tertiary/aromatic N) is 3. The highest BCUT2D eigenvalue weighted by Gasteiger charge is 2.22. The second-order valence-corrected chi connectivity index (χ2v) is 3.98. The molecule has 4 nitrogen and oxygen atoms in total. The number of hydrogen-bond donors (Lipinski definition) is 1. The van der Waals surface area contributed by atoms with Crippen LogP contribution in [0.15, 0.2) is 6.07 Å². The maximum Gasteiger partial charge on any atom is 0.136 e. The third kappa shape index (κ3) is 1.70. The molecule has 0 aliphatic carbocycles. The Morgan fingerprint density at radius 2 is 2.07 bits per heavy atom. The third-order valence-corrected chi connectivity index (χ3v) is 2.46. The van der Waals surface area contributed by atoms with Crippen molar-refractivity contribution < 1.29 is 0 Å². The first-order chi connectivity index (χ1) is 6.66. The van der Waals surface area contributed by atoms with Crippen molar-refractivity contribution in [3.05, 3.63) is 17.6 Å². The molecule has 0 amide bonds. The molecule has 0 saturated carbocycles. The van der Waals surface area contributed by atoms with Gasteiger partial charge in [-0.05, 0) is 6.92 Å². The minimum Gasteiger partial charge on any atom is -0.363 e. The van der Waals surface area contributed by atoms with Gasteiger partial charge in [0.2, 0.25) is 0 Å². The normalized spacial score (nSPS) is 16.5. The van der Waals surface area contributed by atoms with E-state index in [1.165, 1.54) is 0 Å². The van der Waals surface area contributed by atoms with Gasteiger partial charge in [0.05, 0.1) is 0 Å². The molecule has 0 atom stereocenters. The highest BCUT2D eigenvalue weighted by atomic mass is 15.2. The second kappa shape index (κ2) is 3.53. The molecule has 1 N–H and O–H groups in total. The number of nitrogens with one attached hydrogen (secondary N) is 1. The molecule has 1 aromatic rings. The minimum absolute atomic E-state index is 0.508. The van der Waals surface area contributed by atoms with E-state index in [-0.39, 0.29) is 0 Å². The summed E-state index contributed by atoms with van der Waals surface area (Å²) in [6, 6.07) is 2.01. The summed E-state index contributed by atoms with van der Waals surface area (Å²) in [6.45, 7) is 4.04. The average molecular weight is 192 g/mol. The quantitative estimate of drug-likeness (QED) is 0.742. The lowest BCUT2D eigenvalue weighted by Crippen LogP contribution is -2.41. The van der Waals surface area contributed by atoms with Gasteiger partial charge >= 0.3 is 0 Å². The van der Waals surface area contributed by atoms with Gasteiger partial charge in [-0.25, -0.2) is 9.97 Å². The standard InChI is InChI=1S/C10H16N4/c1-7-4-9(14(2)3)13-10(12-7)8-5-11-6-8/h4,8,11H,5-6H2,1-3H3. The lowest BCUT2D eigenvalue weighted by atomic mass is 10.0. The van der Waals surface area contributed by atoms with E-state index in [9.17, 15) is 0 Å². The molecule has 1 fully saturated rings. The zero-order valence-electron chi connectivity index (χ0n) is 8.91. The molecule has 1 aromatic heterocycles. The zero-order chi connectivity index (χ0) is 10.1. The van der Waals surface area contributed by atoms with E-state index >= 15 is 0 Å².